The highest BCUT2D eigenvalue weighted by atomic mass is 79.9. The average molecular weight is 344 g/mol. The third-order valence-corrected chi connectivity index (χ3v) is 3.89. The Morgan fingerprint density at radius 1 is 1.14 bits per heavy atom. The van der Waals surface area contributed by atoms with Crippen LogP contribution >= 0.6 is 15.9 Å². The maximum absolute atomic E-state index is 5.77. The van der Waals surface area contributed by atoms with Gasteiger partial charge in [-0.2, -0.15) is 4.98 Å². The molecule has 0 fully saturated rings. The summed E-state index contributed by atoms with van der Waals surface area (Å²) in [6, 6.07) is 13.8. The van der Waals surface area contributed by atoms with Crippen molar-refractivity contribution in [1.29, 1.82) is 0 Å². The number of hydrogen-bond donors (Lipinski definition) is 1. The second-order valence-corrected chi connectivity index (χ2v) is 5.77. The lowest BCUT2D eigenvalue weighted by molar-refractivity contribution is 0.424. The predicted molar refractivity (Wildman–Crippen MR) is 85.8 cm³/mol. The number of aryl methyl sites for hydroxylation is 1. The summed E-state index contributed by atoms with van der Waals surface area (Å²) in [4.78, 5) is 4.43. The lowest BCUT2D eigenvalue weighted by Crippen LogP contribution is -1.91. The minimum Gasteiger partial charge on any atom is -0.398 e. The molecule has 0 radical (unpaired) electrons. The molecule has 0 aliphatic rings. The van der Waals surface area contributed by atoms with Crippen molar-refractivity contribution in [3.63, 3.8) is 0 Å². The maximum Gasteiger partial charge on any atom is 0.257 e. The Morgan fingerprint density at radius 2 is 1.90 bits per heavy atom. The van der Waals surface area contributed by atoms with Crippen molar-refractivity contribution in [2.75, 3.05) is 5.73 Å². The first kappa shape index (κ1) is 13.8. The van der Waals surface area contributed by atoms with E-state index in [1.807, 2.05) is 18.2 Å². The number of nitrogens with two attached hydrogens (primary N) is 1. The summed E-state index contributed by atoms with van der Waals surface area (Å²) in [5.74, 6) is 1.17. The molecule has 3 rings (SSSR count). The second-order valence-electron chi connectivity index (χ2n) is 4.91. The van der Waals surface area contributed by atoms with Gasteiger partial charge in [-0.1, -0.05) is 35.0 Å². The van der Waals surface area contributed by atoms with Gasteiger partial charge in [0.25, 0.3) is 5.89 Å². The van der Waals surface area contributed by atoms with Crippen LogP contribution in [0.25, 0.3) is 11.5 Å². The smallest absolute Gasteiger partial charge is 0.257 e. The van der Waals surface area contributed by atoms with Gasteiger partial charge in [0.05, 0.1) is 0 Å². The zero-order chi connectivity index (χ0) is 14.8. The Hall–Kier alpha value is -2.14. The lowest BCUT2D eigenvalue weighted by Gasteiger charge is -1.99. The van der Waals surface area contributed by atoms with Gasteiger partial charge in [-0.3, -0.25) is 0 Å². The van der Waals surface area contributed by atoms with Crippen LogP contribution in [0.3, 0.4) is 0 Å². The van der Waals surface area contributed by atoms with Crippen LogP contribution in [0.2, 0.25) is 0 Å². The van der Waals surface area contributed by atoms with E-state index in [4.69, 9.17) is 10.3 Å². The third kappa shape index (κ3) is 3.13. The van der Waals surface area contributed by atoms with Gasteiger partial charge in [-0.15, -0.1) is 0 Å². The molecule has 0 amide bonds. The topological polar surface area (TPSA) is 64.9 Å². The van der Waals surface area contributed by atoms with Gasteiger partial charge >= 0.3 is 0 Å². The zero-order valence-electron chi connectivity index (χ0n) is 11.5. The molecule has 21 heavy (non-hydrogen) atoms. The van der Waals surface area contributed by atoms with Crippen LogP contribution in [0, 0.1) is 6.92 Å². The highest BCUT2D eigenvalue weighted by Crippen LogP contribution is 2.26. The summed E-state index contributed by atoms with van der Waals surface area (Å²) in [7, 11) is 0. The number of nitrogen functional groups attached to an aromatic ring is 1. The lowest BCUT2D eigenvalue weighted by atomic mass is 10.1. The number of rotatable bonds is 3. The van der Waals surface area contributed by atoms with Gasteiger partial charge in [-0.25, -0.2) is 0 Å². The van der Waals surface area contributed by atoms with Crippen molar-refractivity contribution in [3.8, 4) is 11.5 Å². The Kier molecular flexibility index (Phi) is 3.75. The number of anilines is 1. The summed E-state index contributed by atoms with van der Waals surface area (Å²) < 4.78 is 6.14. The van der Waals surface area contributed by atoms with Crippen LogP contribution in [0.4, 0.5) is 5.69 Å². The Labute approximate surface area is 131 Å². The normalized spacial score (nSPS) is 10.8. The van der Waals surface area contributed by atoms with E-state index in [1.54, 1.807) is 0 Å². The van der Waals surface area contributed by atoms with Crippen LogP contribution in [0.15, 0.2) is 51.5 Å². The van der Waals surface area contributed by atoms with Crippen molar-refractivity contribution in [2.24, 2.45) is 0 Å². The Balaban J connectivity index is 1.82. The number of halogens is 1. The minimum atomic E-state index is 0.498. The number of benzene rings is 2. The van der Waals surface area contributed by atoms with Crippen LogP contribution in [-0.2, 0) is 6.42 Å². The first-order valence-corrected chi connectivity index (χ1v) is 7.34. The molecule has 0 spiro atoms. The quantitative estimate of drug-likeness (QED) is 0.730. The van der Waals surface area contributed by atoms with Gasteiger partial charge in [0, 0.05) is 22.1 Å². The fraction of sp³-hybridized carbons (Fsp3) is 0.125. The first-order chi connectivity index (χ1) is 10.1. The fourth-order valence-electron chi connectivity index (χ4n) is 1.99. The number of hydrogen-bond acceptors (Lipinski definition) is 4. The molecule has 0 saturated heterocycles. The summed E-state index contributed by atoms with van der Waals surface area (Å²) in [5.41, 5.74) is 9.69. The molecular weight excluding hydrogens is 330 g/mol. The van der Waals surface area contributed by atoms with E-state index < -0.39 is 0 Å². The summed E-state index contributed by atoms with van der Waals surface area (Å²) in [6.07, 6.45) is 0.653. The summed E-state index contributed by atoms with van der Waals surface area (Å²) >= 11 is 3.40. The molecule has 4 nitrogen and oxygen atoms in total. The van der Waals surface area contributed by atoms with E-state index in [-0.39, 0.29) is 0 Å². The predicted octanol–water partition coefficient (Wildman–Crippen LogP) is 3.98. The zero-order valence-corrected chi connectivity index (χ0v) is 13.1. The van der Waals surface area contributed by atoms with Crippen molar-refractivity contribution in [2.45, 2.75) is 13.3 Å². The molecule has 1 aromatic heterocycles. The van der Waals surface area contributed by atoms with Gasteiger partial charge in [0.2, 0.25) is 0 Å². The first-order valence-electron chi connectivity index (χ1n) is 6.55. The van der Waals surface area contributed by atoms with Crippen LogP contribution < -0.4 is 5.73 Å². The molecule has 0 unspecified atom stereocenters. The SMILES string of the molecule is Cc1ccc(Cc2noc(-c3ccc(N)c(Br)c3)n2)cc1. The average Bonchev–Trinajstić information content (AvgIpc) is 2.93. The van der Waals surface area contributed by atoms with Crippen molar-refractivity contribution in [1.82, 2.24) is 10.1 Å². The van der Waals surface area contributed by atoms with Crippen molar-refractivity contribution in [3.05, 3.63) is 63.9 Å². The fourth-order valence-corrected chi connectivity index (χ4v) is 2.37. The Morgan fingerprint density at radius 3 is 2.62 bits per heavy atom. The molecule has 0 bridgehead atoms. The van der Waals surface area contributed by atoms with E-state index in [0.717, 1.165) is 15.6 Å². The number of nitrogens with zero attached hydrogens (tertiary/aromatic N) is 2. The molecule has 3 aromatic rings. The molecule has 0 atom stereocenters. The maximum atomic E-state index is 5.77. The standard InChI is InChI=1S/C16H14BrN3O/c1-10-2-4-11(5-3-10)8-15-19-16(21-20-15)12-6-7-14(18)13(17)9-12/h2-7,9H,8,18H2,1H3. The van der Waals surface area contributed by atoms with Gasteiger partial charge in [0.15, 0.2) is 5.82 Å². The largest absolute Gasteiger partial charge is 0.398 e. The second kappa shape index (κ2) is 5.69. The molecule has 0 aliphatic carbocycles. The minimum absolute atomic E-state index is 0.498. The van der Waals surface area contributed by atoms with Gasteiger partial charge in [0.1, 0.15) is 0 Å². The molecular formula is C16H14BrN3O. The van der Waals surface area contributed by atoms with E-state index in [1.165, 1.54) is 5.56 Å². The monoisotopic (exact) mass is 343 g/mol. The molecule has 5 heteroatoms. The van der Waals surface area contributed by atoms with Crippen molar-refractivity contribution >= 4 is 21.6 Å². The van der Waals surface area contributed by atoms with E-state index >= 15 is 0 Å². The van der Waals surface area contributed by atoms with Crippen LogP contribution in [0.5, 0.6) is 0 Å². The van der Waals surface area contributed by atoms with Crippen LogP contribution in [0.1, 0.15) is 17.0 Å². The molecule has 2 aromatic carbocycles. The summed E-state index contributed by atoms with van der Waals surface area (Å²) in [6.45, 7) is 2.06. The highest BCUT2D eigenvalue weighted by molar-refractivity contribution is 9.10. The van der Waals surface area contributed by atoms with Gasteiger partial charge in [-0.05, 0) is 46.6 Å². The van der Waals surface area contributed by atoms with E-state index in [9.17, 15) is 0 Å². The molecule has 0 aliphatic heterocycles. The third-order valence-electron chi connectivity index (χ3n) is 3.20. The molecule has 0 saturated carbocycles. The Bertz CT molecular complexity index is 765. The van der Waals surface area contributed by atoms with Gasteiger partial charge < -0.3 is 10.3 Å². The molecule has 106 valence electrons. The molecule has 1 heterocycles. The number of aromatic nitrogens is 2. The van der Waals surface area contributed by atoms with E-state index in [2.05, 4.69) is 57.3 Å². The molecule has 2 N–H and O–H groups in total. The van der Waals surface area contributed by atoms with E-state index in [0.29, 0.717) is 23.8 Å². The highest BCUT2D eigenvalue weighted by Gasteiger charge is 2.10. The van der Waals surface area contributed by atoms with Crippen LogP contribution in [-0.4, -0.2) is 10.1 Å². The summed E-state index contributed by atoms with van der Waals surface area (Å²) in [5, 5.41) is 4.03. The van der Waals surface area contributed by atoms with Crippen molar-refractivity contribution < 1.29 is 4.52 Å².